The van der Waals surface area contributed by atoms with Crippen molar-refractivity contribution in [2.45, 2.75) is 6.92 Å². The molecule has 0 aliphatic carbocycles. The van der Waals surface area contributed by atoms with Gasteiger partial charge in [0.15, 0.2) is 11.6 Å². The zero-order valence-electron chi connectivity index (χ0n) is 17.8. The molecule has 3 aromatic heterocycles. The van der Waals surface area contributed by atoms with Crippen molar-refractivity contribution >= 4 is 32.7 Å². The predicted octanol–water partition coefficient (Wildman–Crippen LogP) is 1.95. The maximum absolute atomic E-state index is 12.6. The minimum Gasteiger partial charge on any atom is -0.462 e. The van der Waals surface area contributed by atoms with Gasteiger partial charge in [0.05, 0.1) is 31.2 Å². The lowest BCUT2D eigenvalue weighted by atomic mass is 10.1. The molecule has 0 spiro atoms. The number of carbonyl (C=O) groups excluding carboxylic acids is 1. The number of carbonyl (C=O) groups is 1. The Kier molecular flexibility index (Phi) is 8.03. The predicted molar refractivity (Wildman–Crippen MR) is 119 cm³/mol. The van der Waals surface area contributed by atoms with Crippen molar-refractivity contribution in [3.05, 3.63) is 48.3 Å². The average molecular weight is 461 g/mol. The van der Waals surface area contributed by atoms with Crippen LogP contribution in [0.3, 0.4) is 0 Å². The lowest BCUT2D eigenvalue weighted by molar-refractivity contribution is -0.142. The largest absolute Gasteiger partial charge is 0.462 e. The number of hydrogen-bond acceptors (Lipinski definition) is 9. The van der Waals surface area contributed by atoms with Crippen molar-refractivity contribution in [2.75, 3.05) is 44.0 Å². The molecular formula is C21H24N4O6S. The highest BCUT2D eigenvalue weighted by atomic mass is 32.2. The van der Waals surface area contributed by atoms with Crippen LogP contribution in [0.2, 0.25) is 0 Å². The van der Waals surface area contributed by atoms with Gasteiger partial charge < -0.3 is 14.2 Å². The summed E-state index contributed by atoms with van der Waals surface area (Å²) < 4.78 is 42.5. The fraction of sp³-hybridized carbons (Fsp3) is 0.333. The third-order valence-electron chi connectivity index (χ3n) is 4.32. The lowest BCUT2D eigenvalue weighted by Gasteiger charge is -2.12. The van der Waals surface area contributed by atoms with E-state index in [1.807, 2.05) is 13.0 Å². The summed E-state index contributed by atoms with van der Waals surface area (Å²) in [5.74, 6) is -1.76. The van der Waals surface area contributed by atoms with E-state index in [-0.39, 0.29) is 19.0 Å². The Hall–Kier alpha value is -3.15. The number of sulfonamides is 1. The Morgan fingerprint density at radius 1 is 1.06 bits per heavy atom. The first kappa shape index (κ1) is 23.5. The van der Waals surface area contributed by atoms with Crippen LogP contribution in [0.1, 0.15) is 5.56 Å². The summed E-state index contributed by atoms with van der Waals surface area (Å²) in [5, 5.41) is 0.677. The number of anilines is 1. The molecule has 3 aromatic rings. The zero-order chi connectivity index (χ0) is 23.0. The molecule has 0 radical (unpaired) electrons. The van der Waals surface area contributed by atoms with E-state index in [1.165, 1.54) is 6.20 Å². The smallest absolute Gasteiger partial charge is 0.323 e. The number of nitrogens with one attached hydrogen (secondary N) is 1. The van der Waals surface area contributed by atoms with Crippen molar-refractivity contribution < 1.29 is 27.4 Å². The van der Waals surface area contributed by atoms with Crippen molar-refractivity contribution in [3.63, 3.8) is 0 Å². The van der Waals surface area contributed by atoms with Gasteiger partial charge in [-0.1, -0.05) is 12.1 Å². The molecule has 0 bridgehead atoms. The highest BCUT2D eigenvalue weighted by molar-refractivity contribution is 7.93. The number of esters is 1. The summed E-state index contributed by atoms with van der Waals surface area (Å²) in [5.41, 5.74) is 2.34. The topological polar surface area (TPSA) is 130 Å². The third kappa shape index (κ3) is 6.42. The second-order valence-electron chi connectivity index (χ2n) is 6.79. The summed E-state index contributed by atoms with van der Waals surface area (Å²) in [4.78, 5) is 25.0. The molecule has 0 aliphatic heterocycles. The van der Waals surface area contributed by atoms with E-state index in [0.29, 0.717) is 35.5 Å². The van der Waals surface area contributed by atoms with Gasteiger partial charge in [-0.2, -0.15) is 0 Å². The molecule has 3 heterocycles. The Morgan fingerprint density at radius 3 is 2.59 bits per heavy atom. The van der Waals surface area contributed by atoms with Crippen LogP contribution in [0.25, 0.3) is 22.3 Å². The van der Waals surface area contributed by atoms with Gasteiger partial charge in [0, 0.05) is 24.9 Å². The third-order valence-corrected chi connectivity index (χ3v) is 5.44. The Balaban J connectivity index is 1.75. The van der Waals surface area contributed by atoms with Crippen LogP contribution < -0.4 is 4.72 Å². The number of hydrogen-bond donors (Lipinski definition) is 1. The second kappa shape index (κ2) is 10.9. The van der Waals surface area contributed by atoms with Crippen LogP contribution in [0, 0.1) is 6.92 Å². The van der Waals surface area contributed by atoms with Gasteiger partial charge in [0.25, 0.3) is 0 Å². The van der Waals surface area contributed by atoms with Crippen LogP contribution in [0.4, 0.5) is 5.82 Å². The number of aromatic nitrogens is 3. The van der Waals surface area contributed by atoms with Gasteiger partial charge in [0.2, 0.25) is 10.0 Å². The van der Waals surface area contributed by atoms with E-state index in [4.69, 9.17) is 14.2 Å². The average Bonchev–Trinajstić information content (AvgIpc) is 2.76. The molecule has 0 saturated heterocycles. The standard InChI is InChI=1S/C21H24N4O6S/c1-15-5-3-7-22-19(15)17-13-16-6-4-8-23-20(16)21(24-17)25-32(27,28)14-18(26)31-12-11-30-10-9-29-2/h3-8,13H,9-12,14H2,1-2H3,(H,24,25). The minimum atomic E-state index is -4.09. The van der Waals surface area contributed by atoms with E-state index in [1.54, 1.807) is 37.6 Å². The highest BCUT2D eigenvalue weighted by Crippen LogP contribution is 2.27. The summed E-state index contributed by atoms with van der Waals surface area (Å²) in [6.07, 6.45) is 3.17. The van der Waals surface area contributed by atoms with E-state index in [2.05, 4.69) is 19.7 Å². The SMILES string of the molecule is COCCOCCOC(=O)CS(=O)(=O)Nc1nc(-c2ncccc2C)cc2cccnc12. The van der Waals surface area contributed by atoms with Gasteiger partial charge in [-0.15, -0.1) is 0 Å². The number of rotatable bonds is 11. The van der Waals surface area contributed by atoms with Crippen molar-refractivity contribution in [1.29, 1.82) is 0 Å². The molecular weight excluding hydrogens is 436 g/mol. The van der Waals surface area contributed by atoms with Gasteiger partial charge in [-0.25, -0.2) is 13.4 Å². The number of methoxy groups -OCH3 is 1. The van der Waals surface area contributed by atoms with Crippen LogP contribution in [-0.4, -0.2) is 68.6 Å². The maximum Gasteiger partial charge on any atom is 0.323 e. The molecule has 32 heavy (non-hydrogen) atoms. The highest BCUT2D eigenvalue weighted by Gasteiger charge is 2.21. The summed E-state index contributed by atoms with van der Waals surface area (Å²) in [6.45, 7) is 2.74. The summed E-state index contributed by atoms with van der Waals surface area (Å²) in [6, 6.07) is 9.01. The molecule has 3 rings (SSSR count). The van der Waals surface area contributed by atoms with E-state index >= 15 is 0 Å². The molecule has 11 heteroatoms. The minimum absolute atomic E-state index is 0.0128. The van der Waals surface area contributed by atoms with Crippen LogP contribution in [-0.2, 0) is 29.0 Å². The normalized spacial score (nSPS) is 11.4. The quantitative estimate of drug-likeness (QED) is 0.337. The number of pyridine rings is 3. The number of nitrogens with zero attached hydrogens (tertiary/aromatic N) is 3. The first-order chi connectivity index (χ1) is 15.4. The summed E-state index contributed by atoms with van der Waals surface area (Å²) >= 11 is 0. The van der Waals surface area contributed by atoms with E-state index in [9.17, 15) is 13.2 Å². The molecule has 0 aliphatic rings. The Morgan fingerprint density at radius 2 is 1.81 bits per heavy atom. The zero-order valence-corrected chi connectivity index (χ0v) is 18.6. The number of fused-ring (bicyclic) bond motifs is 1. The van der Waals surface area contributed by atoms with E-state index in [0.717, 1.165) is 5.56 Å². The Labute approximate surface area is 186 Å². The maximum atomic E-state index is 12.6. The van der Waals surface area contributed by atoms with Gasteiger partial charge >= 0.3 is 5.97 Å². The van der Waals surface area contributed by atoms with E-state index < -0.39 is 21.7 Å². The summed E-state index contributed by atoms with van der Waals surface area (Å²) in [7, 11) is -2.55. The molecule has 0 aromatic carbocycles. The van der Waals surface area contributed by atoms with Gasteiger partial charge in [0.1, 0.15) is 12.1 Å². The molecule has 0 saturated carbocycles. The second-order valence-corrected chi connectivity index (χ2v) is 8.51. The first-order valence-corrected chi connectivity index (χ1v) is 11.5. The number of ether oxygens (including phenoxy) is 3. The molecule has 170 valence electrons. The number of aryl methyl sites for hydroxylation is 1. The van der Waals surface area contributed by atoms with Gasteiger partial charge in [-0.05, 0) is 30.7 Å². The lowest BCUT2D eigenvalue weighted by Crippen LogP contribution is -2.26. The van der Waals surface area contributed by atoms with Crippen LogP contribution >= 0.6 is 0 Å². The molecule has 0 atom stereocenters. The van der Waals surface area contributed by atoms with Crippen LogP contribution in [0.15, 0.2) is 42.7 Å². The first-order valence-electron chi connectivity index (χ1n) is 9.80. The fourth-order valence-electron chi connectivity index (χ4n) is 2.87. The fourth-order valence-corrected chi connectivity index (χ4v) is 3.77. The van der Waals surface area contributed by atoms with Crippen LogP contribution in [0.5, 0.6) is 0 Å². The van der Waals surface area contributed by atoms with Gasteiger partial charge in [-0.3, -0.25) is 19.5 Å². The van der Waals surface area contributed by atoms with Crippen molar-refractivity contribution in [2.24, 2.45) is 0 Å². The monoisotopic (exact) mass is 460 g/mol. The molecule has 0 unspecified atom stereocenters. The molecule has 1 N–H and O–H groups in total. The molecule has 0 amide bonds. The van der Waals surface area contributed by atoms with Crippen molar-refractivity contribution in [3.8, 4) is 11.4 Å². The molecule has 0 fully saturated rings. The Bertz CT molecular complexity index is 1190. The van der Waals surface area contributed by atoms with Crippen molar-refractivity contribution in [1.82, 2.24) is 15.0 Å². The molecule has 10 nitrogen and oxygen atoms in total.